The Morgan fingerprint density at radius 3 is 2.44 bits per heavy atom. The average molecular weight is 446 g/mol. The fourth-order valence-corrected chi connectivity index (χ4v) is 5.74. The lowest BCUT2D eigenvalue weighted by atomic mass is 9.91. The van der Waals surface area contributed by atoms with E-state index < -0.39 is 11.7 Å². The average Bonchev–Trinajstić information content (AvgIpc) is 3.45. The fourth-order valence-electron chi connectivity index (χ4n) is 5.74. The van der Waals surface area contributed by atoms with E-state index in [-0.39, 0.29) is 29.6 Å². The largest absolute Gasteiger partial charge is 0.416 e. The highest BCUT2D eigenvalue weighted by molar-refractivity contribution is 5.94. The first kappa shape index (κ1) is 21.0. The number of halogens is 3. The monoisotopic (exact) mass is 446 g/mol. The second-order valence-electron chi connectivity index (χ2n) is 9.20. The lowest BCUT2D eigenvalue weighted by Crippen LogP contribution is -2.35. The van der Waals surface area contributed by atoms with Gasteiger partial charge in [0.15, 0.2) is 5.69 Å². The topological polar surface area (TPSA) is 69.3 Å². The molecule has 0 bridgehead atoms. The Balaban J connectivity index is 1.27. The Labute approximate surface area is 183 Å². The number of rotatable bonds is 2. The SMILES string of the molecule is CC(=O)N1CCc2c(C(=O)N3CC4C[C@H](c5ccccc5C(F)(F)F)C[C@@H]4C3)n[nH]c2C1. The number of H-pyrrole nitrogens is 1. The van der Waals surface area contributed by atoms with Crippen molar-refractivity contribution in [3.63, 3.8) is 0 Å². The predicted octanol–water partition coefficient (Wildman–Crippen LogP) is 3.60. The molecule has 0 spiro atoms. The Morgan fingerprint density at radius 2 is 1.78 bits per heavy atom. The molecule has 1 aliphatic carbocycles. The van der Waals surface area contributed by atoms with Crippen LogP contribution in [0.2, 0.25) is 0 Å². The van der Waals surface area contributed by atoms with Crippen LogP contribution in [0.15, 0.2) is 24.3 Å². The number of likely N-dealkylation sites (tertiary alicyclic amines) is 1. The molecular weight excluding hydrogens is 421 g/mol. The predicted molar refractivity (Wildman–Crippen MR) is 110 cm³/mol. The summed E-state index contributed by atoms with van der Waals surface area (Å²) in [6, 6.07) is 5.86. The van der Waals surface area contributed by atoms with Gasteiger partial charge < -0.3 is 9.80 Å². The maximum Gasteiger partial charge on any atom is 0.416 e. The van der Waals surface area contributed by atoms with Gasteiger partial charge in [0.1, 0.15) is 0 Å². The zero-order valence-electron chi connectivity index (χ0n) is 17.8. The smallest absolute Gasteiger partial charge is 0.337 e. The lowest BCUT2D eigenvalue weighted by Gasteiger charge is -2.26. The van der Waals surface area contributed by atoms with Gasteiger partial charge in [0.2, 0.25) is 5.91 Å². The Morgan fingerprint density at radius 1 is 1.09 bits per heavy atom. The summed E-state index contributed by atoms with van der Waals surface area (Å²) in [6.45, 7) is 3.62. The molecule has 1 saturated carbocycles. The molecule has 1 N–H and O–H groups in total. The number of carbonyl (C=O) groups is 2. The molecule has 32 heavy (non-hydrogen) atoms. The molecule has 5 rings (SSSR count). The quantitative estimate of drug-likeness (QED) is 0.767. The molecular formula is C23H25F3N4O2. The van der Waals surface area contributed by atoms with E-state index in [1.54, 1.807) is 21.9 Å². The van der Waals surface area contributed by atoms with Crippen molar-refractivity contribution in [1.82, 2.24) is 20.0 Å². The van der Waals surface area contributed by atoms with Gasteiger partial charge in [0.05, 0.1) is 17.8 Å². The molecule has 1 unspecified atom stereocenters. The maximum absolute atomic E-state index is 13.4. The fraction of sp³-hybridized carbons (Fsp3) is 0.522. The number of hydrogen-bond donors (Lipinski definition) is 1. The molecule has 2 fully saturated rings. The first-order valence-electron chi connectivity index (χ1n) is 11.0. The number of carbonyl (C=O) groups excluding carboxylic acids is 2. The van der Waals surface area contributed by atoms with Crippen molar-refractivity contribution in [2.75, 3.05) is 19.6 Å². The van der Waals surface area contributed by atoms with Crippen LogP contribution in [0.5, 0.6) is 0 Å². The number of amides is 2. The van der Waals surface area contributed by atoms with E-state index in [0.29, 0.717) is 56.7 Å². The van der Waals surface area contributed by atoms with Gasteiger partial charge in [-0.3, -0.25) is 14.7 Å². The van der Waals surface area contributed by atoms with E-state index >= 15 is 0 Å². The summed E-state index contributed by atoms with van der Waals surface area (Å²) < 4.78 is 40.3. The second-order valence-corrected chi connectivity index (χ2v) is 9.20. The molecule has 2 aliphatic heterocycles. The van der Waals surface area contributed by atoms with Gasteiger partial charge in [0, 0.05) is 32.1 Å². The normalized spacial score (nSPS) is 25.1. The second kappa shape index (κ2) is 7.64. The maximum atomic E-state index is 13.4. The van der Waals surface area contributed by atoms with Gasteiger partial charge in [-0.1, -0.05) is 18.2 Å². The van der Waals surface area contributed by atoms with Crippen LogP contribution < -0.4 is 0 Å². The van der Waals surface area contributed by atoms with E-state index in [9.17, 15) is 22.8 Å². The van der Waals surface area contributed by atoms with E-state index in [1.807, 2.05) is 0 Å². The third kappa shape index (κ3) is 3.57. The Hall–Kier alpha value is -2.84. The van der Waals surface area contributed by atoms with Crippen molar-refractivity contribution in [1.29, 1.82) is 0 Å². The number of alkyl halides is 3. The van der Waals surface area contributed by atoms with Crippen molar-refractivity contribution >= 4 is 11.8 Å². The highest BCUT2D eigenvalue weighted by Gasteiger charge is 2.45. The van der Waals surface area contributed by atoms with Gasteiger partial charge in [-0.15, -0.1) is 0 Å². The van der Waals surface area contributed by atoms with E-state index in [1.165, 1.54) is 13.0 Å². The van der Waals surface area contributed by atoms with Gasteiger partial charge in [-0.2, -0.15) is 18.3 Å². The molecule has 2 amide bonds. The first-order valence-corrected chi connectivity index (χ1v) is 11.0. The molecule has 1 aromatic heterocycles. The lowest BCUT2D eigenvalue weighted by molar-refractivity contribution is -0.138. The minimum absolute atomic E-state index is 0.00727. The molecule has 1 aromatic carbocycles. The van der Waals surface area contributed by atoms with Crippen LogP contribution >= 0.6 is 0 Å². The summed E-state index contributed by atoms with van der Waals surface area (Å²) in [7, 11) is 0. The number of aromatic nitrogens is 2. The molecule has 6 nitrogen and oxygen atoms in total. The summed E-state index contributed by atoms with van der Waals surface area (Å²) in [6.07, 6.45) is -2.45. The van der Waals surface area contributed by atoms with Crippen molar-refractivity contribution in [2.45, 2.75) is 44.8 Å². The van der Waals surface area contributed by atoms with Gasteiger partial charge in [0.25, 0.3) is 5.91 Å². The van der Waals surface area contributed by atoms with E-state index in [4.69, 9.17) is 0 Å². The van der Waals surface area contributed by atoms with Crippen molar-refractivity contribution in [2.24, 2.45) is 11.8 Å². The summed E-state index contributed by atoms with van der Waals surface area (Å²) in [4.78, 5) is 28.3. The molecule has 3 aliphatic rings. The number of nitrogens with one attached hydrogen (secondary N) is 1. The zero-order valence-corrected chi connectivity index (χ0v) is 17.8. The Bertz CT molecular complexity index is 1050. The standard InChI is InChI=1S/C23H25F3N4O2/c1-13(31)29-7-6-18-20(12-29)27-28-21(18)22(32)30-10-15-8-14(9-16(15)11-30)17-4-2-3-5-19(17)23(24,25)26/h2-5,14-16H,6-12H2,1H3,(H,27,28)/t14-,15-,16?/m1/s1. The highest BCUT2D eigenvalue weighted by atomic mass is 19.4. The molecule has 170 valence electrons. The summed E-state index contributed by atoms with van der Waals surface area (Å²) in [5.74, 6) is 0.143. The van der Waals surface area contributed by atoms with E-state index in [0.717, 1.165) is 17.3 Å². The zero-order chi connectivity index (χ0) is 22.6. The van der Waals surface area contributed by atoms with Crippen molar-refractivity contribution in [3.05, 3.63) is 52.3 Å². The van der Waals surface area contributed by atoms with Gasteiger partial charge >= 0.3 is 6.18 Å². The highest BCUT2D eigenvalue weighted by Crippen LogP contribution is 2.49. The van der Waals surface area contributed by atoms with Crippen molar-refractivity contribution < 1.29 is 22.8 Å². The summed E-state index contributed by atoms with van der Waals surface area (Å²) in [5.41, 5.74) is 1.94. The number of nitrogens with zero attached hydrogens (tertiary/aromatic N) is 3. The van der Waals surface area contributed by atoms with Gasteiger partial charge in [-0.05, 0) is 48.6 Å². The number of benzene rings is 1. The van der Waals surface area contributed by atoms with Crippen LogP contribution in [0.25, 0.3) is 0 Å². The molecule has 3 heterocycles. The molecule has 3 atom stereocenters. The molecule has 9 heteroatoms. The van der Waals surface area contributed by atoms with Crippen LogP contribution in [0.1, 0.15) is 58.6 Å². The number of hydrogen-bond acceptors (Lipinski definition) is 3. The molecule has 1 saturated heterocycles. The van der Waals surface area contributed by atoms with Gasteiger partial charge in [-0.25, -0.2) is 0 Å². The third-order valence-electron chi connectivity index (χ3n) is 7.33. The summed E-state index contributed by atoms with van der Waals surface area (Å²) >= 11 is 0. The van der Waals surface area contributed by atoms with Crippen molar-refractivity contribution in [3.8, 4) is 0 Å². The van der Waals surface area contributed by atoms with Crippen LogP contribution in [0, 0.1) is 11.8 Å². The Kier molecular flexibility index (Phi) is 5.02. The van der Waals surface area contributed by atoms with Crippen LogP contribution in [0.4, 0.5) is 13.2 Å². The molecule has 2 aromatic rings. The van der Waals surface area contributed by atoms with E-state index in [2.05, 4.69) is 10.2 Å². The minimum atomic E-state index is -4.35. The van der Waals surface area contributed by atoms with Crippen LogP contribution in [0.3, 0.4) is 0 Å². The number of fused-ring (bicyclic) bond motifs is 2. The van der Waals surface area contributed by atoms with Crippen LogP contribution in [-0.2, 0) is 23.9 Å². The third-order valence-corrected chi connectivity index (χ3v) is 7.33. The first-order chi connectivity index (χ1) is 15.2. The minimum Gasteiger partial charge on any atom is -0.337 e. The summed E-state index contributed by atoms with van der Waals surface area (Å²) in [5, 5.41) is 7.17. The molecule has 0 radical (unpaired) electrons. The van der Waals surface area contributed by atoms with Crippen LogP contribution in [-0.4, -0.2) is 51.4 Å². The number of aromatic amines is 1.